The molecule has 0 spiro atoms. The van der Waals surface area contributed by atoms with Crippen molar-refractivity contribution in [1.29, 1.82) is 0 Å². The molecule has 0 aliphatic carbocycles. The maximum atomic E-state index is 5.48. The lowest BCUT2D eigenvalue weighted by Crippen LogP contribution is -2.24. The third kappa shape index (κ3) is 2.76. The van der Waals surface area contributed by atoms with E-state index in [1.54, 1.807) is 7.11 Å². The Balaban J connectivity index is 1.80. The summed E-state index contributed by atoms with van der Waals surface area (Å²) in [6.45, 7) is 5.46. The summed E-state index contributed by atoms with van der Waals surface area (Å²) in [4.78, 5) is 4.41. The van der Waals surface area contributed by atoms with Crippen molar-refractivity contribution in [2.75, 3.05) is 20.3 Å². The van der Waals surface area contributed by atoms with Gasteiger partial charge in [-0.25, -0.2) is 4.68 Å². The molecule has 1 unspecified atom stereocenters. The van der Waals surface area contributed by atoms with Crippen LogP contribution >= 0.6 is 0 Å². The molecule has 2 aromatic heterocycles. The first kappa shape index (κ1) is 15.1. The third-order valence-electron chi connectivity index (χ3n) is 4.32. The summed E-state index contributed by atoms with van der Waals surface area (Å²) < 4.78 is 18.0. The first-order chi connectivity index (χ1) is 10.7. The number of methoxy groups -OCH3 is 1. The lowest BCUT2D eigenvalue weighted by Gasteiger charge is -2.21. The molecule has 22 heavy (non-hydrogen) atoms. The number of hydrogen-bond acceptors (Lipinski definition) is 7. The van der Waals surface area contributed by atoms with Gasteiger partial charge in [0.2, 0.25) is 5.82 Å². The molecule has 1 aliphatic rings. The van der Waals surface area contributed by atoms with Crippen molar-refractivity contribution in [2.24, 2.45) is 0 Å². The third-order valence-corrected chi connectivity index (χ3v) is 4.32. The number of nitrogens with zero attached hydrogens (tertiary/aromatic N) is 5. The van der Waals surface area contributed by atoms with E-state index in [9.17, 15) is 0 Å². The molecule has 3 heterocycles. The summed E-state index contributed by atoms with van der Waals surface area (Å²) in [5.74, 6) is 0.887. The first-order valence-corrected chi connectivity index (χ1v) is 7.55. The lowest BCUT2D eigenvalue weighted by atomic mass is 10.0. The number of ether oxygens (including phenoxy) is 2. The summed E-state index contributed by atoms with van der Waals surface area (Å²) in [5.41, 5.74) is 0.0261. The quantitative estimate of drug-likeness (QED) is 0.834. The summed E-state index contributed by atoms with van der Waals surface area (Å²) >= 11 is 0. The van der Waals surface area contributed by atoms with Crippen LogP contribution in [0, 0.1) is 0 Å². The Morgan fingerprint density at radius 2 is 2.18 bits per heavy atom. The molecule has 120 valence electrons. The van der Waals surface area contributed by atoms with Crippen molar-refractivity contribution in [3.8, 4) is 11.6 Å². The minimum Gasteiger partial charge on any atom is -0.381 e. The predicted octanol–water partition coefficient (Wildman–Crippen LogP) is 1.95. The highest BCUT2D eigenvalue weighted by Crippen LogP contribution is 2.28. The SMILES string of the molecule is CCC(C)(OC)c1noc(-c2cn(C3CCOCC3)nn2)n1. The topological polar surface area (TPSA) is 88.1 Å². The second-order valence-electron chi connectivity index (χ2n) is 5.64. The molecular weight excluding hydrogens is 286 g/mol. The van der Waals surface area contributed by atoms with E-state index >= 15 is 0 Å². The molecule has 0 bridgehead atoms. The van der Waals surface area contributed by atoms with Gasteiger partial charge < -0.3 is 14.0 Å². The van der Waals surface area contributed by atoms with E-state index in [2.05, 4.69) is 20.5 Å². The van der Waals surface area contributed by atoms with Crippen LogP contribution in [0.5, 0.6) is 0 Å². The van der Waals surface area contributed by atoms with Crippen molar-refractivity contribution in [2.45, 2.75) is 44.8 Å². The lowest BCUT2D eigenvalue weighted by molar-refractivity contribution is -0.0106. The Kier molecular flexibility index (Phi) is 4.21. The van der Waals surface area contributed by atoms with E-state index in [1.165, 1.54) is 0 Å². The standard InChI is InChI=1S/C14H21N5O3/c1-4-14(2,20-3)13-15-12(22-17-13)11-9-19(18-16-11)10-5-7-21-8-6-10/h9-10H,4-8H2,1-3H3. The highest BCUT2D eigenvalue weighted by atomic mass is 16.5. The highest BCUT2D eigenvalue weighted by Gasteiger charge is 2.31. The van der Waals surface area contributed by atoms with Crippen LogP contribution in [0.15, 0.2) is 10.7 Å². The Bertz CT molecular complexity index is 614. The molecule has 0 N–H and O–H groups in total. The van der Waals surface area contributed by atoms with Crippen molar-refractivity contribution in [3.63, 3.8) is 0 Å². The second-order valence-corrected chi connectivity index (χ2v) is 5.64. The summed E-state index contributed by atoms with van der Waals surface area (Å²) in [6, 6.07) is 0.317. The zero-order valence-electron chi connectivity index (χ0n) is 13.2. The minimum absolute atomic E-state index is 0.317. The average Bonchev–Trinajstić information content (AvgIpc) is 3.24. The van der Waals surface area contributed by atoms with Gasteiger partial charge in [-0.2, -0.15) is 4.98 Å². The van der Waals surface area contributed by atoms with Crippen LogP contribution in [0.1, 0.15) is 45.0 Å². The molecule has 0 amide bonds. The van der Waals surface area contributed by atoms with Crippen LogP contribution in [0.4, 0.5) is 0 Å². The van der Waals surface area contributed by atoms with Gasteiger partial charge in [0.05, 0.1) is 12.2 Å². The predicted molar refractivity (Wildman–Crippen MR) is 77.1 cm³/mol. The summed E-state index contributed by atoms with van der Waals surface area (Å²) in [6.07, 6.45) is 4.48. The van der Waals surface area contributed by atoms with E-state index in [-0.39, 0.29) is 0 Å². The Labute approximate surface area is 128 Å². The van der Waals surface area contributed by atoms with Crippen molar-refractivity contribution >= 4 is 0 Å². The molecule has 1 atom stereocenters. The van der Waals surface area contributed by atoms with Gasteiger partial charge in [0.1, 0.15) is 5.60 Å². The van der Waals surface area contributed by atoms with Gasteiger partial charge in [0, 0.05) is 20.3 Å². The number of aromatic nitrogens is 5. The van der Waals surface area contributed by atoms with Gasteiger partial charge >= 0.3 is 0 Å². The Hall–Kier alpha value is -1.80. The van der Waals surface area contributed by atoms with Crippen molar-refractivity contribution < 1.29 is 14.0 Å². The fourth-order valence-corrected chi connectivity index (χ4v) is 2.44. The van der Waals surface area contributed by atoms with Gasteiger partial charge in [0.25, 0.3) is 5.89 Å². The molecule has 1 fully saturated rings. The van der Waals surface area contributed by atoms with Crippen LogP contribution in [-0.2, 0) is 15.1 Å². The van der Waals surface area contributed by atoms with E-state index in [0.717, 1.165) is 32.5 Å². The van der Waals surface area contributed by atoms with Crippen LogP contribution in [0.2, 0.25) is 0 Å². The van der Waals surface area contributed by atoms with Crippen molar-refractivity contribution in [3.05, 3.63) is 12.0 Å². The van der Waals surface area contributed by atoms with E-state index < -0.39 is 5.60 Å². The second kappa shape index (κ2) is 6.13. The van der Waals surface area contributed by atoms with Gasteiger partial charge in [-0.1, -0.05) is 17.3 Å². The molecule has 8 nitrogen and oxygen atoms in total. The molecular formula is C14H21N5O3. The summed E-state index contributed by atoms with van der Waals surface area (Å²) in [7, 11) is 1.64. The fraction of sp³-hybridized carbons (Fsp3) is 0.714. The van der Waals surface area contributed by atoms with Crippen molar-refractivity contribution in [1.82, 2.24) is 25.1 Å². The maximum absolute atomic E-state index is 5.48. The fourth-order valence-electron chi connectivity index (χ4n) is 2.44. The molecule has 0 radical (unpaired) electrons. The largest absolute Gasteiger partial charge is 0.381 e. The zero-order valence-corrected chi connectivity index (χ0v) is 13.2. The van der Waals surface area contributed by atoms with Gasteiger partial charge in [0.15, 0.2) is 5.69 Å². The van der Waals surface area contributed by atoms with Gasteiger partial charge in [-0.3, -0.25) is 0 Å². The monoisotopic (exact) mass is 307 g/mol. The Morgan fingerprint density at radius 3 is 2.86 bits per heavy atom. The average molecular weight is 307 g/mol. The van der Waals surface area contributed by atoms with Crippen LogP contribution < -0.4 is 0 Å². The molecule has 8 heteroatoms. The minimum atomic E-state index is -0.557. The number of hydrogen-bond donors (Lipinski definition) is 0. The van der Waals surface area contributed by atoms with E-state index in [4.69, 9.17) is 14.0 Å². The molecule has 0 saturated carbocycles. The first-order valence-electron chi connectivity index (χ1n) is 7.55. The highest BCUT2D eigenvalue weighted by molar-refractivity contribution is 5.43. The smallest absolute Gasteiger partial charge is 0.280 e. The summed E-state index contributed by atoms with van der Waals surface area (Å²) in [5, 5.41) is 12.3. The van der Waals surface area contributed by atoms with Gasteiger partial charge in [-0.05, 0) is 26.2 Å². The molecule has 1 saturated heterocycles. The van der Waals surface area contributed by atoms with Gasteiger partial charge in [-0.15, -0.1) is 5.10 Å². The molecule has 1 aliphatic heterocycles. The van der Waals surface area contributed by atoms with E-state index in [0.29, 0.717) is 23.5 Å². The van der Waals surface area contributed by atoms with Crippen LogP contribution in [0.25, 0.3) is 11.6 Å². The normalized spacial score (nSPS) is 19.2. The number of rotatable bonds is 5. The van der Waals surface area contributed by atoms with Crippen LogP contribution in [-0.4, -0.2) is 45.5 Å². The molecule has 2 aromatic rings. The molecule has 3 rings (SSSR count). The van der Waals surface area contributed by atoms with Crippen LogP contribution in [0.3, 0.4) is 0 Å². The zero-order chi connectivity index (χ0) is 15.6. The Morgan fingerprint density at radius 1 is 1.41 bits per heavy atom. The molecule has 0 aromatic carbocycles. The van der Waals surface area contributed by atoms with E-state index in [1.807, 2.05) is 24.7 Å². The maximum Gasteiger partial charge on any atom is 0.280 e.